The highest BCUT2D eigenvalue weighted by molar-refractivity contribution is 6.31. The van der Waals surface area contributed by atoms with Gasteiger partial charge in [-0.05, 0) is 36.8 Å². The molecular formula is C21H24ClN2O4+. The van der Waals surface area contributed by atoms with Crippen LogP contribution in [0.1, 0.15) is 21.5 Å². The fourth-order valence-corrected chi connectivity index (χ4v) is 3.15. The summed E-state index contributed by atoms with van der Waals surface area (Å²) in [5.74, 6) is -0.942. The zero-order valence-electron chi connectivity index (χ0n) is 15.8. The van der Waals surface area contributed by atoms with Gasteiger partial charge in [-0.15, -0.1) is 0 Å². The molecule has 1 fully saturated rings. The fourth-order valence-electron chi connectivity index (χ4n) is 2.97. The summed E-state index contributed by atoms with van der Waals surface area (Å²) in [6.07, 6.45) is 0. The third-order valence-corrected chi connectivity index (χ3v) is 5.04. The van der Waals surface area contributed by atoms with E-state index in [4.69, 9.17) is 21.1 Å². The Morgan fingerprint density at radius 2 is 1.86 bits per heavy atom. The maximum Gasteiger partial charge on any atom is 0.338 e. The number of amides is 1. The topological polar surface area (TPSA) is 69.1 Å². The molecule has 148 valence electrons. The highest BCUT2D eigenvalue weighted by atomic mass is 35.5. The van der Waals surface area contributed by atoms with Crippen LogP contribution >= 0.6 is 11.6 Å². The monoisotopic (exact) mass is 403 g/mol. The van der Waals surface area contributed by atoms with Crippen LogP contribution in [-0.4, -0.2) is 44.8 Å². The summed E-state index contributed by atoms with van der Waals surface area (Å²) in [5, 5.41) is 3.22. The zero-order valence-corrected chi connectivity index (χ0v) is 16.6. The van der Waals surface area contributed by atoms with Gasteiger partial charge in [-0.2, -0.15) is 0 Å². The molecule has 7 heteroatoms. The minimum atomic E-state index is -0.526. The summed E-state index contributed by atoms with van der Waals surface area (Å²) >= 11 is 6.03. The molecule has 1 saturated heterocycles. The molecule has 0 aliphatic carbocycles. The van der Waals surface area contributed by atoms with E-state index < -0.39 is 11.9 Å². The predicted molar refractivity (Wildman–Crippen MR) is 107 cm³/mol. The highest BCUT2D eigenvalue weighted by Crippen LogP contribution is 2.19. The van der Waals surface area contributed by atoms with Crippen molar-refractivity contribution in [2.75, 3.05) is 38.2 Å². The number of benzene rings is 2. The van der Waals surface area contributed by atoms with Gasteiger partial charge in [0.25, 0.3) is 5.91 Å². The van der Waals surface area contributed by atoms with Gasteiger partial charge in [-0.3, -0.25) is 4.79 Å². The zero-order chi connectivity index (χ0) is 19.9. The second-order valence-corrected chi connectivity index (χ2v) is 7.23. The number of halogens is 1. The van der Waals surface area contributed by atoms with Crippen molar-refractivity contribution < 1.29 is 24.0 Å². The number of morpholine rings is 1. The molecule has 1 aliphatic heterocycles. The van der Waals surface area contributed by atoms with Crippen LogP contribution in [0.4, 0.5) is 5.69 Å². The minimum absolute atomic E-state index is 0.357. The molecule has 1 amide bonds. The summed E-state index contributed by atoms with van der Waals surface area (Å²) in [6.45, 7) is 5.98. The Morgan fingerprint density at radius 3 is 2.54 bits per heavy atom. The van der Waals surface area contributed by atoms with Gasteiger partial charge in [-0.1, -0.05) is 29.8 Å². The van der Waals surface area contributed by atoms with Gasteiger partial charge >= 0.3 is 5.97 Å². The van der Waals surface area contributed by atoms with E-state index in [1.165, 1.54) is 4.90 Å². The molecule has 3 rings (SSSR count). The molecule has 2 aromatic rings. The number of anilines is 1. The number of rotatable bonds is 6. The molecule has 0 spiro atoms. The first kappa shape index (κ1) is 20.3. The highest BCUT2D eigenvalue weighted by Gasteiger charge is 2.15. The quantitative estimate of drug-likeness (QED) is 0.722. The lowest BCUT2D eigenvalue weighted by Crippen LogP contribution is -3.12. The van der Waals surface area contributed by atoms with E-state index in [0.717, 1.165) is 44.0 Å². The molecule has 0 aromatic heterocycles. The van der Waals surface area contributed by atoms with Crippen molar-refractivity contribution in [2.24, 2.45) is 0 Å². The predicted octanol–water partition coefficient (Wildman–Crippen LogP) is 1.86. The Hall–Kier alpha value is -2.41. The maximum absolute atomic E-state index is 12.2. The summed E-state index contributed by atoms with van der Waals surface area (Å²) in [7, 11) is 0. The summed E-state index contributed by atoms with van der Waals surface area (Å²) in [6, 6.07) is 12.5. The van der Waals surface area contributed by atoms with Crippen molar-refractivity contribution in [3.05, 3.63) is 64.2 Å². The molecule has 6 nitrogen and oxygen atoms in total. The van der Waals surface area contributed by atoms with E-state index in [-0.39, 0.29) is 6.61 Å². The van der Waals surface area contributed by atoms with Crippen LogP contribution in [0.3, 0.4) is 0 Å². The van der Waals surface area contributed by atoms with Crippen LogP contribution in [0, 0.1) is 6.92 Å². The van der Waals surface area contributed by atoms with Gasteiger partial charge in [0.2, 0.25) is 0 Å². The normalized spacial score (nSPS) is 14.5. The molecule has 1 aliphatic rings. The van der Waals surface area contributed by atoms with Gasteiger partial charge in [0.1, 0.15) is 19.6 Å². The third kappa shape index (κ3) is 5.79. The van der Waals surface area contributed by atoms with Gasteiger partial charge in [0.15, 0.2) is 6.61 Å². The number of hydrogen-bond acceptors (Lipinski definition) is 4. The molecular weight excluding hydrogens is 380 g/mol. The Bertz CT molecular complexity index is 833. The van der Waals surface area contributed by atoms with Crippen LogP contribution in [0.2, 0.25) is 5.02 Å². The van der Waals surface area contributed by atoms with Crippen LogP contribution < -0.4 is 10.2 Å². The first-order valence-corrected chi connectivity index (χ1v) is 9.62. The van der Waals surface area contributed by atoms with Crippen molar-refractivity contribution in [3.8, 4) is 0 Å². The number of quaternary nitrogens is 1. The van der Waals surface area contributed by atoms with Crippen molar-refractivity contribution in [2.45, 2.75) is 13.5 Å². The standard InChI is InChI=1S/C21H23ClN2O4/c1-15-2-7-18(12-19(15)22)23-20(25)14-28-21(26)17-5-3-16(4-6-17)13-24-8-10-27-11-9-24/h2-7,12H,8-11,13-14H2,1H3,(H,23,25)/p+1. The Morgan fingerprint density at radius 1 is 1.14 bits per heavy atom. The first-order valence-electron chi connectivity index (χ1n) is 9.24. The average Bonchev–Trinajstić information content (AvgIpc) is 2.70. The minimum Gasteiger partial charge on any atom is -0.452 e. The molecule has 2 aromatic carbocycles. The van der Waals surface area contributed by atoms with Crippen molar-refractivity contribution >= 4 is 29.2 Å². The van der Waals surface area contributed by atoms with E-state index in [1.807, 2.05) is 25.1 Å². The lowest BCUT2D eigenvalue weighted by atomic mass is 10.1. The van der Waals surface area contributed by atoms with Crippen LogP contribution in [-0.2, 0) is 20.8 Å². The third-order valence-electron chi connectivity index (χ3n) is 4.63. The largest absolute Gasteiger partial charge is 0.452 e. The molecule has 0 unspecified atom stereocenters. The second-order valence-electron chi connectivity index (χ2n) is 6.82. The number of ether oxygens (including phenoxy) is 2. The van der Waals surface area contributed by atoms with Gasteiger partial charge < -0.3 is 19.7 Å². The number of carbonyl (C=O) groups is 2. The van der Waals surface area contributed by atoms with Crippen molar-refractivity contribution in [1.82, 2.24) is 0 Å². The van der Waals surface area contributed by atoms with E-state index in [0.29, 0.717) is 16.3 Å². The van der Waals surface area contributed by atoms with Gasteiger partial charge in [0, 0.05) is 16.3 Å². The second kappa shape index (κ2) is 9.68. The first-order chi connectivity index (χ1) is 13.5. The Labute approximate surface area is 169 Å². The van der Waals surface area contributed by atoms with E-state index in [1.54, 1.807) is 24.3 Å². The average molecular weight is 404 g/mol. The van der Waals surface area contributed by atoms with E-state index in [2.05, 4.69) is 5.32 Å². The molecule has 0 radical (unpaired) electrons. The molecule has 2 N–H and O–H groups in total. The molecule has 0 bridgehead atoms. The number of hydrogen-bond donors (Lipinski definition) is 2. The van der Waals surface area contributed by atoms with Crippen LogP contribution in [0.5, 0.6) is 0 Å². The van der Waals surface area contributed by atoms with Gasteiger partial charge in [-0.25, -0.2) is 4.79 Å². The lowest BCUT2D eigenvalue weighted by Gasteiger charge is -2.23. The lowest BCUT2D eigenvalue weighted by molar-refractivity contribution is -0.921. The number of aryl methyl sites for hydroxylation is 1. The van der Waals surface area contributed by atoms with Gasteiger partial charge in [0.05, 0.1) is 18.8 Å². The smallest absolute Gasteiger partial charge is 0.338 e. The molecule has 0 saturated carbocycles. The Balaban J connectivity index is 1.47. The van der Waals surface area contributed by atoms with Crippen molar-refractivity contribution in [1.29, 1.82) is 0 Å². The summed E-state index contributed by atoms with van der Waals surface area (Å²) < 4.78 is 10.5. The number of esters is 1. The SMILES string of the molecule is Cc1ccc(NC(=O)COC(=O)c2ccc(C[NH+]3CCOCC3)cc2)cc1Cl. The van der Waals surface area contributed by atoms with Crippen LogP contribution in [0.25, 0.3) is 0 Å². The fraction of sp³-hybridized carbons (Fsp3) is 0.333. The number of carbonyl (C=O) groups excluding carboxylic acids is 2. The van der Waals surface area contributed by atoms with E-state index >= 15 is 0 Å². The van der Waals surface area contributed by atoms with E-state index in [9.17, 15) is 9.59 Å². The maximum atomic E-state index is 12.2. The summed E-state index contributed by atoms with van der Waals surface area (Å²) in [5.41, 5.74) is 3.06. The Kier molecular flexibility index (Phi) is 7.03. The summed E-state index contributed by atoms with van der Waals surface area (Å²) in [4.78, 5) is 25.6. The molecule has 1 heterocycles. The molecule has 28 heavy (non-hydrogen) atoms. The van der Waals surface area contributed by atoms with Crippen molar-refractivity contribution in [3.63, 3.8) is 0 Å². The molecule has 0 atom stereocenters. The number of nitrogens with one attached hydrogen (secondary N) is 2. The van der Waals surface area contributed by atoms with Crippen LogP contribution in [0.15, 0.2) is 42.5 Å².